The van der Waals surface area contributed by atoms with Gasteiger partial charge in [0, 0.05) is 30.4 Å². The van der Waals surface area contributed by atoms with E-state index in [0.29, 0.717) is 12.3 Å². The van der Waals surface area contributed by atoms with Crippen LogP contribution in [0.1, 0.15) is 12.0 Å². The molecule has 1 saturated heterocycles. The second kappa shape index (κ2) is 4.33. The highest BCUT2D eigenvalue weighted by atomic mass is 79.9. The predicted molar refractivity (Wildman–Crippen MR) is 69.9 cm³/mol. The molecule has 2 heterocycles. The van der Waals surface area contributed by atoms with Crippen molar-refractivity contribution in [2.45, 2.75) is 12.8 Å². The zero-order valence-corrected chi connectivity index (χ0v) is 11.1. The Balaban J connectivity index is 1.87. The van der Waals surface area contributed by atoms with Crippen LogP contribution >= 0.6 is 15.9 Å². The lowest BCUT2D eigenvalue weighted by molar-refractivity contribution is -0.117. The lowest BCUT2D eigenvalue weighted by Crippen LogP contribution is -2.24. The van der Waals surface area contributed by atoms with Gasteiger partial charge < -0.3 is 9.64 Å². The van der Waals surface area contributed by atoms with Gasteiger partial charge in [0.2, 0.25) is 5.91 Å². The van der Waals surface area contributed by atoms with E-state index in [-0.39, 0.29) is 5.91 Å². The number of benzene rings is 1. The third-order valence-electron chi connectivity index (χ3n) is 3.41. The molecule has 2 aliphatic heterocycles. The van der Waals surface area contributed by atoms with Gasteiger partial charge in [0.25, 0.3) is 0 Å². The van der Waals surface area contributed by atoms with Gasteiger partial charge in [-0.2, -0.15) is 0 Å². The van der Waals surface area contributed by atoms with E-state index in [2.05, 4.69) is 22.0 Å². The first-order chi connectivity index (χ1) is 8.28. The Hall–Kier alpha value is -1.03. The van der Waals surface area contributed by atoms with Crippen molar-refractivity contribution in [3.63, 3.8) is 0 Å². The summed E-state index contributed by atoms with van der Waals surface area (Å²) in [4.78, 5) is 13.8. The first-order valence-corrected chi connectivity index (χ1v) is 7.02. The van der Waals surface area contributed by atoms with E-state index >= 15 is 0 Å². The second-order valence-corrected chi connectivity index (χ2v) is 5.27. The first kappa shape index (κ1) is 11.1. The van der Waals surface area contributed by atoms with Gasteiger partial charge in [0.15, 0.2) is 0 Å². The van der Waals surface area contributed by atoms with Gasteiger partial charge in [-0.3, -0.25) is 4.79 Å². The molecule has 1 unspecified atom stereocenters. The van der Waals surface area contributed by atoms with Gasteiger partial charge in [0.05, 0.1) is 6.61 Å². The minimum absolute atomic E-state index is 0.230. The molecule has 1 atom stereocenters. The minimum atomic E-state index is 0.230. The van der Waals surface area contributed by atoms with Crippen molar-refractivity contribution in [3.05, 3.63) is 23.8 Å². The third kappa shape index (κ3) is 1.95. The minimum Gasteiger partial charge on any atom is -0.493 e. The monoisotopic (exact) mass is 295 g/mol. The molecule has 3 nitrogen and oxygen atoms in total. The van der Waals surface area contributed by atoms with Crippen LogP contribution in [0.2, 0.25) is 0 Å². The molecule has 3 rings (SSSR count). The predicted octanol–water partition coefficient (Wildman–Crippen LogP) is 2.37. The molecule has 0 saturated carbocycles. The average Bonchev–Trinajstić information content (AvgIpc) is 2.93. The van der Waals surface area contributed by atoms with Gasteiger partial charge in [-0.05, 0) is 29.7 Å². The number of rotatable bonds is 2. The number of carbonyl (C=O) groups excluding carboxylic acids is 1. The van der Waals surface area contributed by atoms with Crippen LogP contribution in [-0.4, -0.2) is 24.4 Å². The molecular weight excluding hydrogens is 282 g/mol. The zero-order chi connectivity index (χ0) is 11.8. The number of halogens is 1. The van der Waals surface area contributed by atoms with Gasteiger partial charge in [0.1, 0.15) is 5.75 Å². The molecule has 0 N–H and O–H groups in total. The molecule has 90 valence electrons. The topological polar surface area (TPSA) is 29.5 Å². The van der Waals surface area contributed by atoms with E-state index in [1.165, 1.54) is 5.56 Å². The molecule has 0 bridgehead atoms. The summed E-state index contributed by atoms with van der Waals surface area (Å²) >= 11 is 3.45. The molecule has 1 amide bonds. The van der Waals surface area contributed by atoms with E-state index in [4.69, 9.17) is 4.74 Å². The number of alkyl halides is 1. The molecule has 0 radical (unpaired) electrons. The van der Waals surface area contributed by atoms with Crippen LogP contribution in [-0.2, 0) is 11.2 Å². The second-order valence-electron chi connectivity index (χ2n) is 4.62. The largest absolute Gasteiger partial charge is 0.493 e. The smallest absolute Gasteiger partial charge is 0.227 e. The lowest BCUT2D eigenvalue weighted by Gasteiger charge is -2.17. The molecule has 1 aromatic carbocycles. The van der Waals surface area contributed by atoms with Gasteiger partial charge in [-0.25, -0.2) is 0 Å². The Labute approximate surface area is 109 Å². The summed E-state index contributed by atoms with van der Waals surface area (Å²) in [6, 6.07) is 6.06. The van der Waals surface area contributed by atoms with Crippen molar-refractivity contribution < 1.29 is 9.53 Å². The molecule has 1 fully saturated rings. The summed E-state index contributed by atoms with van der Waals surface area (Å²) in [5.74, 6) is 1.64. The van der Waals surface area contributed by atoms with Crippen LogP contribution in [0.15, 0.2) is 18.2 Å². The molecule has 2 aliphatic rings. The normalized spacial score (nSPS) is 22.8. The number of fused-ring (bicyclic) bond motifs is 1. The number of amides is 1. The fraction of sp³-hybridized carbons (Fsp3) is 0.462. The SMILES string of the molecule is O=C1CC(CBr)CN1c1ccc2c(c1)CCO2. The lowest BCUT2D eigenvalue weighted by atomic mass is 10.1. The maximum Gasteiger partial charge on any atom is 0.227 e. The molecular formula is C13H14BrNO2. The summed E-state index contributed by atoms with van der Waals surface area (Å²) in [6.07, 6.45) is 1.60. The number of nitrogens with zero attached hydrogens (tertiary/aromatic N) is 1. The van der Waals surface area contributed by atoms with Crippen molar-refractivity contribution in [2.75, 3.05) is 23.4 Å². The zero-order valence-electron chi connectivity index (χ0n) is 9.49. The first-order valence-electron chi connectivity index (χ1n) is 5.90. The molecule has 4 heteroatoms. The molecule has 17 heavy (non-hydrogen) atoms. The number of ether oxygens (including phenoxy) is 1. The Morgan fingerprint density at radius 1 is 1.47 bits per heavy atom. The van der Waals surface area contributed by atoms with Crippen LogP contribution in [0.4, 0.5) is 5.69 Å². The van der Waals surface area contributed by atoms with E-state index in [1.54, 1.807) is 0 Å². The number of hydrogen-bond donors (Lipinski definition) is 0. The van der Waals surface area contributed by atoms with Crippen LogP contribution in [0.25, 0.3) is 0 Å². The summed E-state index contributed by atoms with van der Waals surface area (Å²) in [5, 5.41) is 0.892. The molecule has 0 aliphatic carbocycles. The Morgan fingerprint density at radius 2 is 2.35 bits per heavy atom. The van der Waals surface area contributed by atoms with Crippen LogP contribution in [0, 0.1) is 5.92 Å². The van der Waals surface area contributed by atoms with Gasteiger partial charge >= 0.3 is 0 Å². The highest BCUT2D eigenvalue weighted by Gasteiger charge is 2.30. The van der Waals surface area contributed by atoms with Crippen molar-refractivity contribution in [3.8, 4) is 5.75 Å². The van der Waals surface area contributed by atoms with E-state index in [0.717, 1.165) is 36.3 Å². The van der Waals surface area contributed by atoms with Crippen LogP contribution < -0.4 is 9.64 Å². The van der Waals surface area contributed by atoms with Crippen LogP contribution in [0.3, 0.4) is 0 Å². The van der Waals surface area contributed by atoms with Crippen molar-refractivity contribution >= 4 is 27.5 Å². The number of hydrogen-bond acceptors (Lipinski definition) is 2. The average molecular weight is 296 g/mol. The van der Waals surface area contributed by atoms with E-state index in [9.17, 15) is 4.79 Å². The third-order valence-corrected chi connectivity index (χ3v) is 4.32. The Bertz CT molecular complexity index is 461. The summed E-state index contributed by atoms with van der Waals surface area (Å²) in [7, 11) is 0. The maximum absolute atomic E-state index is 11.9. The van der Waals surface area contributed by atoms with E-state index < -0.39 is 0 Å². The van der Waals surface area contributed by atoms with Crippen molar-refractivity contribution in [2.24, 2.45) is 5.92 Å². The number of carbonyl (C=O) groups is 1. The number of anilines is 1. The maximum atomic E-state index is 11.9. The van der Waals surface area contributed by atoms with E-state index in [1.807, 2.05) is 17.0 Å². The highest BCUT2D eigenvalue weighted by molar-refractivity contribution is 9.09. The quantitative estimate of drug-likeness (QED) is 0.784. The standard InChI is InChI=1S/C13H14BrNO2/c14-7-9-5-13(16)15(8-9)11-1-2-12-10(6-11)3-4-17-12/h1-2,6,9H,3-5,7-8H2. The summed E-state index contributed by atoms with van der Waals surface area (Å²) in [6.45, 7) is 1.58. The van der Waals surface area contributed by atoms with Gasteiger partial charge in [-0.1, -0.05) is 15.9 Å². The Kier molecular flexibility index (Phi) is 2.82. The fourth-order valence-electron chi connectivity index (χ4n) is 2.48. The van der Waals surface area contributed by atoms with Gasteiger partial charge in [-0.15, -0.1) is 0 Å². The molecule has 1 aromatic rings. The van der Waals surface area contributed by atoms with Crippen molar-refractivity contribution in [1.82, 2.24) is 0 Å². The van der Waals surface area contributed by atoms with Crippen molar-refractivity contribution in [1.29, 1.82) is 0 Å². The summed E-state index contributed by atoms with van der Waals surface area (Å²) in [5.41, 5.74) is 2.24. The summed E-state index contributed by atoms with van der Waals surface area (Å²) < 4.78 is 5.47. The van der Waals surface area contributed by atoms with Crippen LogP contribution in [0.5, 0.6) is 5.75 Å². The Morgan fingerprint density at radius 3 is 3.12 bits per heavy atom. The molecule has 0 aromatic heterocycles. The fourth-order valence-corrected chi connectivity index (χ4v) is 2.91. The molecule has 0 spiro atoms. The highest BCUT2D eigenvalue weighted by Crippen LogP contribution is 2.32.